The zero-order valence-electron chi connectivity index (χ0n) is 9.03. The lowest BCUT2D eigenvalue weighted by Crippen LogP contribution is -2.16. The molecule has 1 N–H and O–H groups in total. The quantitative estimate of drug-likeness (QED) is 0.817. The van der Waals surface area contributed by atoms with E-state index in [4.69, 9.17) is 10.00 Å². The molecule has 0 aliphatic heterocycles. The Morgan fingerprint density at radius 2 is 2.20 bits per heavy atom. The van der Waals surface area contributed by atoms with Gasteiger partial charge in [0.1, 0.15) is 18.5 Å². The topological polar surface area (TPSA) is 53.2 Å². The molecule has 0 radical (unpaired) electrons. The van der Waals surface area contributed by atoms with Crippen molar-refractivity contribution in [1.29, 1.82) is 5.26 Å². The lowest BCUT2D eigenvalue weighted by Gasteiger charge is -2.11. The molecule has 0 aliphatic carbocycles. The van der Waals surface area contributed by atoms with Crippen molar-refractivity contribution in [3.8, 4) is 11.8 Å². The molecule has 0 fully saturated rings. The third kappa shape index (κ3) is 3.61. The summed E-state index contributed by atoms with van der Waals surface area (Å²) in [5.74, 6) is 0.762. The third-order valence-corrected chi connectivity index (χ3v) is 2.09. The largest absolute Gasteiger partial charge is 0.491 e. The molecule has 3 nitrogen and oxygen atoms in total. The van der Waals surface area contributed by atoms with Gasteiger partial charge in [0.25, 0.3) is 0 Å². The van der Waals surface area contributed by atoms with Gasteiger partial charge in [-0.1, -0.05) is 17.7 Å². The molecule has 1 rings (SSSR count). The molecule has 0 amide bonds. The van der Waals surface area contributed by atoms with Crippen LogP contribution in [0.1, 0.15) is 17.5 Å². The highest BCUT2D eigenvalue weighted by Gasteiger charge is 2.05. The summed E-state index contributed by atoms with van der Waals surface area (Å²) in [7, 11) is 0. The number of aliphatic hydroxyl groups is 1. The van der Waals surface area contributed by atoms with Crippen LogP contribution in [0.2, 0.25) is 0 Å². The minimum Gasteiger partial charge on any atom is -0.491 e. The van der Waals surface area contributed by atoms with Crippen molar-refractivity contribution in [3.05, 3.63) is 29.3 Å². The summed E-state index contributed by atoms with van der Waals surface area (Å²) >= 11 is 0. The molecule has 0 saturated carbocycles. The van der Waals surface area contributed by atoms with Crippen LogP contribution in [0.15, 0.2) is 18.2 Å². The Morgan fingerprint density at radius 3 is 2.80 bits per heavy atom. The maximum Gasteiger partial charge on any atom is 0.122 e. The molecule has 1 aromatic carbocycles. The van der Waals surface area contributed by atoms with Gasteiger partial charge < -0.3 is 9.84 Å². The Labute approximate surface area is 89.9 Å². The minimum atomic E-state index is -0.712. The monoisotopic (exact) mass is 205 g/mol. The third-order valence-electron chi connectivity index (χ3n) is 2.09. The minimum absolute atomic E-state index is 0.102. The van der Waals surface area contributed by atoms with Crippen LogP contribution < -0.4 is 4.74 Å². The summed E-state index contributed by atoms with van der Waals surface area (Å²) < 4.78 is 5.40. The second kappa shape index (κ2) is 5.38. The number of aliphatic hydroxyl groups excluding tert-OH is 1. The van der Waals surface area contributed by atoms with E-state index in [1.165, 1.54) is 5.56 Å². The maximum atomic E-state index is 9.31. The van der Waals surface area contributed by atoms with Gasteiger partial charge in [0.2, 0.25) is 0 Å². The first kappa shape index (κ1) is 11.5. The van der Waals surface area contributed by atoms with Gasteiger partial charge in [-0.05, 0) is 25.5 Å². The second-order valence-electron chi connectivity index (χ2n) is 3.60. The molecule has 0 bridgehead atoms. The molecule has 3 heteroatoms. The predicted octanol–water partition coefficient (Wildman–Crippen LogP) is 1.96. The average Bonchev–Trinajstić information content (AvgIpc) is 2.17. The number of rotatable bonds is 4. The van der Waals surface area contributed by atoms with Gasteiger partial charge >= 0.3 is 0 Å². The van der Waals surface area contributed by atoms with Crippen molar-refractivity contribution in [2.45, 2.75) is 26.4 Å². The van der Waals surface area contributed by atoms with Crippen LogP contribution in [0.4, 0.5) is 0 Å². The van der Waals surface area contributed by atoms with Crippen LogP contribution in [-0.2, 0) is 0 Å². The molecule has 0 spiro atoms. The fourth-order valence-electron chi connectivity index (χ4n) is 1.31. The normalized spacial score (nSPS) is 11.9. The van der Waals surface area contributed by atoms with Crippen molar-refractivity contribution in [2.24, 2.45) is 0 Å². The number of ether oxygens (including phenoxy) is 1. The fraction of sp³-hybridized carbons (Fsp3) is 0.417. The summed E-state index contributed by atoms with van der Waals surface area (Å²) in [6, 6.07) is 7.75. The first-order chi connectivity index (χ1) is 7.13. The van der Waals surface area contributed by atoms with Gasteiger partial charge in [-0.2, -0.15) is 5.26 Å². The first-order valence-corrected chi connectivity index (χ1v) is 4.88. The first-order valence-electron chi connectivity index (χ1n) is 4.88. The van der Waals surface area contributed by atoms with Crippen LogP contribution in [0.25, 0.3) is 0 Å². The van der Waals surface area contributed by atoms with Crippen LogP contribution in [0.3, 0.4) is 0 Å². The van der Waals surface area contributed by atoms with E-state index in [1.54, 1.807) is 0 Å². The molecule has 0 aromatic heterocycles. The van der Waals surface area contributed by atoms with Crippen molar-refractivity contribution in [2.75, 3.05) is 6.61 Å². The Balaban J connectivity index is 2.55. The van der Waals surface area contributed by atoms with E-state index in [1.807, 2.05) is 38.1 Å². The summed E-state index contributed by atoms with van der Waals surface area (Å²) in [5.41, 5.74) is 2.22. The van der Waals surface area contributed by atoms with E-state index in [2.05, 4.69) is 0 Å². The second-order valence-corrected chi connectivity index (χ2v) is 3.60. The van der Waals surface area contributed by atoms with E-state index in [0.29, 0.717) is 0 Å². The molecule has 1 unspecified atom stereocenters. The Morgan fingerprint density at radius 1 is 1.47 bits per heavy atom. The molecule has 0 heterocycles. The summed E-state index contributed by atoms with van der Waals surface area (Å²) in [5, 5.41) is 17.7. The van der Waals surface area contributed by atoms with E-state index in [9.17, 15) is 5.11 Å². The van der Waals surface area contributed by atoms with Gasteiger partial charge in [-0.3, -0.25) is 0 Å². The molecule has 1 atom stereocenters. The van der Waals surface area contributed by atoms with Gasteiger partial charge in [-0.25, -0.2) is 0 Å². The molecule has 0 aliphatic rings. The van der Waals surface area contributed by atoms with Crippen molar-refractivity contribution in [1.82, 2.24) is 0 Å². The molecule has 0 saturated heterocycles. The average molecular weight is 205 g/mol. The highest BCUT2D eigenvalue weighted by Crippen LogP contribution is 2.18. The summed E-state index contributed by atoms with van der Waals surface area (Å²) in [4.78, 5) is 0. The van der Waals surface area contributed by atoms with Gasteiger partial charge in [0.15, 0.2) is 0 Å². The number of nitriles is 1. The zero-order chi connectivity index (χ0) is 11.3. The highest BCUT2D eigenvalue weighted by molar-refractivity contribution is 5.35. The number of aryl methyl sites for hydroxylation is 2. The fourth-order valence-corrected chi connectivity index (χ4v) is 1.31. The number of benzene rings is 1. The number of hydrogen-bond acceptors (Lipinski definition) is 3. The summed E-state index contributed by atoms with van der Waals surface area (Å²) in [6.45, 7) is 4.14. The van der Waals surface area contributed by atoms with Crippen molar-refractivity contribution >= 4 is 0 Å². The highest BCUT2D eigenvalue weighted by atomic mass is 16.5. The van der Waals surface area contributed by atoms with Crippen molar-refractivity contribution in [3.63, 3.8) is 0 Å². The van der Waals surface area contributed by atoms with Gasteiger partial charge in [0, 0.05) is 0 Å². The lowest BCUT2D eigenvalue weighted by atomic mass is 10.1. The maximum absolute atomic E-state index is 9.31. The molecule has 15 heavy (non-hydrogen) atoms. The van der Waals surface area contributed by atoms with E-state index < -0.39 is 6.10 Å². The van der Waals surface area contributed by atoms with Crippen LogP contribution in [0.5, 0.6) is 5.75 Å². The SMILES string of the molecule is Cc1ccc(OCC(O)CC#N)c(C)c1. The van der Waals surface area contributed by atoms with E-state index >= 15 is 0 Å². The van der Waals surface area contributed by atoms with E-state index in [0.717, 1.165) is 11.3 Å². The molecular formula is C12H15NO2. The van der Waals surface area contributed by atoms with Crippen LogP contribution in [-0.4, -0.2) is 17.8 Å². The standard InChI is InChI=1S/C12H15NO2/c1-9-3-4-12(10(2)7-9)15-8-11(14)5-6-13/h3-4,7,11,14H,5,8H2,1-2H3. The Bertz CT molecular complexity index is 368. The predicted molar refractivity (Wildman–Crippen MR) is 57.6 cm³/mol. The van der Waals surface area contributed by atoms with Crippen LogP contribution in [0, 0.1) is 25.2 Å². The van der Waals surface area contributed by atoms with Crippen LogP contribution >= 0.6 is 0 Å². The summed E-state index contributed by atoms with van der Waals surface area (Å²) in [6.07, 6.45) is -0.610. The van der Waals surface area contributed by atoms with E-state index in [-0.39, 0.29) is 13.0 Å². The van der Waals surface area contributed by atoms with Gasteiger partial charge in [-0.15, -0.1) is 0 Å². The molecule has 1 aromatic rings. The molecular weight excluding hydrogens is 190 g/mol. The van der Waals surface area contributed by atoms with Gasteiger partial charge in [0.05, 0.1) is 12.5 Å². The Kier molecular flexibility index (Phi) is 4.14. The number of hydrogen-bond donors (Lipinski definition) is 1. The molecule has 80 valence electrons. The zero-order valence-corrected chi connectivity index (χ0v) is 9.03. The Hall–Kier alpha value is -1.53. The lowest BCUT2D eigenvalue weighted by molar-refractivity contribution is 0.111. The van der Waals surface area contributed by atoms with Crippen molar-refractivity contribution < 1.29 is 9.84 Å². The number of nitrogens with zero attached hydrogens (tertiary/aromatic N) is 1. The smallest absolute Gasteiger partial charge is 0.122 e.